The van der Waals surface area contributed by atoms with Crippen molar-refractivity contribution in [2.24, 2.45) is 0 Å². The van der Waals surface area contributed by atoms with Crippen molar-refractivity contribution in [2.75, 3.05) is 18.6 Å². The number of ether oxygens (including phenoxy) is 1. The van der Waals surface area contributed by atoms with Gasteiger partial charge in [-0.05, 0) is 55.3 Å². The standard InChI is InChI=1S/C23H22N2O3/c1-4-15-6-9-18(10-7-15)25(5-2)23(26)21-13-17-12-16-8-11-19(27-3)14-20(16)24-22(17)28-21/h6-14H,4-5H2,1-3H3. The van der Waals surface area contributed by atoms with Gasteiger partial charge < -0.3 is 14.1 Å². The Morgan fingerprint density at radius 1 is 1.04 bits per heavy atom. The van der Waals surface area contributed by atoms with Crippen LogP contribution in [0.15, 0.2) is 59.0 Å². The second-order valence-corrected chi connectivity index (χ2v) is 6.62. The topological polar surface area (TPSA) is 55.6 Å². The van der Waals surface area contributed by atoms with Gasteiger partial charge in [-0.3, -0.25) is 4.79 Å². The highest BCUT2D eigenvalue weighted by Gasteiger charge is 2.21. The van der Waals surface area contributed by atoms with E-state index >= 15 is 0 Å². The molecule has 0 saturated heterocycles. The highest BCUT2D eigenvalue weighted by molar-refractivity contribution is 6.06. The molecule has 2 aromatic heterocycles. The van der Waals surface area contributed by atoms with Gasteiger partial charge in [0.25, 0.3) is 5.91 Å². The maximum atomic E-state index is 13.1. The van der Waals surface area contributed by atoms with Crippen molar-refractivity contribution in [3.8, 4) is 5.75 Å². The number of anilines is 1. The Labute approximate surface area is 163 Å². The van der Waals surface area contributed by atoms with Crippen molar-refractivity contribution in [1.29, 1.82) is 0 Å². The fourth-order valence-electron chi connectivity index (χ4n) is 3.33. The second kappa shape index (κ2) is 7.35. The molecule has 0 unspecified atom stereocenters. The summed E-state index contributed by atoms with van der Waals surface area (Å²) >= 11 is 0. The van der Waals surface area contributed by atoms with Crippen LogP contribution in [0.3, 0.4) is 0 Å². The van der Waals surface area contributed by atoms with Crippen molar-refractivity contribution in [1.82, 2.24) is 4.98 Å². The van der Waals surface area contributed by atoms with Gasteiger partial charge in [0, 0.05) is 29.1 Å². The molecule has 0 bridgehead atoms. The number of aryl methyl sites for hydroxylation is 1. The quantitative estimate of drug-likeness (QED) is 0.481. The van der Waals surface area contributed by atoms with Gasteiger partial charge in [-0.25, -0.2) is 4.98 Å². The van der Waals surface area contributed by atoms with Crippen LogP contribution in [0.5, 0.6) is 5.75 Å². The van der Waals surface area contributed by atoms with E-state index in [2.05, 4.69) is 11.9 Å². The summed E-state index contributed by atoms with van der Waals surface area (Å²) in [7, 11) is 1.62. The zero-order valence-corrected chi connectivity index (χ0v) is 16.2. The van der Waals surface area contributed by atoms with Crippen molar-refractivity contribution in [2.45, 2.75) is 20.3 Å². The molecular weight excluding hydrogens is 352 g/mol. The van der Waals surface area contributed by atoms with Gasteiger partial charge in [0.15, 0.2) is 5.76 Å². The number of furan rings is 1. The Morgan fingerprint density at radius 2 is 1.82 bits per heavy atom. The van der Waals surface area contributed by atoms with E-state index in [1.807, 2.05) is 55.5 Å². The first kappa shape index (κ1) is 18.0. The molecule has 0 aliphatic carbocycles. The van der Waals surface area contributed by atoms with E-state index in [4.69, 9.17) is 9.15 Å². The molecule has 0 aliphatic heterocycles. The van der Waals surface area contributed by atoms with E-state index in [0.29, 0.717) is 12.3 Å². The number of nitrogens with zero attached hydrogens (tertiary/aromatic N) is 2. The Balaban J connectivity index is 1.71. The number of carbonyl (C=O) groups is 1. The third-order valence-corrected chi connectivity index (χ3v) is 4.94. The highest BCUT2D eigenvalue weighted by atomic mass is 16.5. The molecule has 28 heavy (non-hydrogen) atoms. The van der Waals surface area contributed by atoms with Crippen LogP contribution >= 0.6 is 0 Å². The van der Waals surface area contributed by atoms with E-state index in [0.717, 1.165) is 34.1 Å². The van der Waals surface area contributed by atoms with Gasteiger partial charge in [0.2, 0.25) is 5.71 Å². The van der Waals surface area contributed by atoms with Gasteiger partial charge in [0.1, 0.15) is 5.75 Å². The minimum atomic E-state index is -0.175. The smallest absolute Gasteiger partial charge is 0.294 e. The average molecular weight is 374 g/mol. The number of aromatic nitrogens is 1. The summed E-state index contributed by atoms with van der Waals surface area (Å²) in [4.78, 5) is 19.3. The number of hydrogen-bond acceptors (Lipinski definition) is 4. The fourth-order valence-corrected chi connectivity index (χ4v) is 3.33. The number of fused-ring (bicyclic) bond motifs is 2. The highest BCUT2D eigenvalue weighted by Crippen LogP contribution is 2.27. The van der Waals surface area contributed by atoms with Gasteiger partial charge in [-0.2, -0.15) is 0 Å². The lowest BCUT2D eigenvalue weighted by molar-refractivity contribution is 0.0963. The number of amides is 1. The number of methoxy groups -OCH3 is 1. The molecule has 0 radical (unpaired) electrons. The predicted octanol–water partition coefficient (Wildman–Crippen LogP) is 5.22. The van der Waals surface area contributed by atoms with Crippen LogP contribution in [0.1, 0.15) is 30.0 Å². The zero-order chi connectivity index (χ0) is 19.7. The summed E-state index contributed by atoms with van der Waals surface area (Å²) < 4.78 is 11.1. The van der Waals surface area contributed by atoms with Crippen molar-refractivity contribution in [3.63, 3.8) is 0 Å². The lowest BCUT2D eigenvalue weighted by atomic mass is 10.1. The minimum absolute atomic E-state index is 0.175. The first-order valence-corrected chi connectivity index (χ1v) is 9.42. The number of carbonyl (C=O) groups excluding carboxylic acids is 1. The molecule has 4 rings (SSSR count). The van der Waals surface area contributed by atoms with Crippen molar-refractivity contribution in [3.05, 3.63) is 65.9 Å². The Kier molecular flexibility index (Phi) is 4.74. The number of rotatable bonds is 5. The maximum absolute atomic E-state index is 13.1. The Bertz CT molecular complexity index is 1150. The lowest BCUT2D eigenvalue weighted by Crippen LogP contribution is -2.30. The maximum Gasteiger partial charge on any atom is 0.294 e. The predicted molar refractivity (Wildman–Crippen MR) is 111 cm³/mol. The minimum Gasteiger partial charge on any atom is -0.497 e. The Morgan fingerprint density at radius 3 is 2.50 bits per heavy atom. The Hall–Kier alpha value is -3.34. The molecule has 0 spiro atoms. The van der Waals surface area contributed by atoms with Crippen LogP contribution in [-0.4, -0.2) is 24.5 Å². The van der Waals surface area contributed by atoms with Gasteiger partial charge in [-0.1, -0.05) is 19.1 Å². The first-order chi connectivity index (χ1) is 13.6. The lowest BCUT2D eigenvalue weighted by Gasteiger charge is -2.20. The van der Waals surface area contributed by atoms with Gasteiger partial charge in [-0.15, -0.1) is 0 Å². The molecule has 2 aromatic carbocycles. The molecule has 5 heteroatoms. The molecule has 2 heterocycles. The molecule has 0 atom stereocenters. The fraction of sp³-hybridized carbons (Fsp3) is 0.217. The van der Waals surface area contributed by atoms with Crippen molar-refractivity contribution >= 4 is 33.6 Å². The summed E-state index contributed by atoms with van der Waals surface area (Å²) in [6, 6.07) is 17.5. The normalized spacial score (nSPS) is 11.1. The molecule has 0 saturated carbocycles. The molecule has 5 nitrogen and oxygen atoms in total. The molecule has 4 aromatic rings. The summed E-state index contributed by atoms with van der Waals surface area (Å²) in [5.41, 5.74) is 3.31. The second-order valence-electron chi connectivity index (χ2n) is 6.62. The SMILES string of the molecule is CCc1ccc(N(CC)C(=O)c2cc3cc4ccc(OC)cc4nc3o2)cc1. The van der Waals surface area contributed by atoms with E-state index < -0.39 is 0 Å². The molecular formula is C23H22N2O3. The largest absolute Gasteiger partial charge is 0.497 e. The summed E-state index contributed by atoms with van der Waals surface area (Å²) in [5.74, 6) is 0.840. The van der Waals surface area contributed by atoms with E-state index in [9.17, 15) is 4.79 Å². The molecule has 142 valence electrons. The monoisotopic (exact) mass is 374 g/mol. The molecule has 0 fully saturated rings. The average Bonchev–Trinajstić information content (AvgIpc) is 3.15. The number of benzene rings is 2. The van der Waals surface area contributed by atoms with Crippen LogP contribution in [0, 0.1) is 0 Å². The van der Waals surface area contributed by atoms with Crippen LogP contribution < -0.4 is 9.64 Å². The number of pyridine rings is 1. The van der Waals surface area contributed by atoms with Crippen LogP contribution in [0.4, 0.5) is 5.69 Å². The van der Waals surface area contributed by atoms with Crippen molar-refractivity contribution < 1.29 is 13.9 Å². The van der Waals surface area contributed by atoms with Crippen LogP contribution in [0.2, 0.25) is 0 Å². The summed E-state index contributed by atoms with van der Waals surface area (Å²) in [6.07, 6.45) is 0.966. The third-order valence-electron chi connectivity index (χ3n) is 4.94. The van der Waals surface area contributed by atoms with Gasteiger partial charge >= 0.3 is 0 Å². The molecule has 0 N–H and O–H groups in total. The molecule has 1 amide bonds. The van der Waals surface area contributed by atoms with Crippen LogP contribution in [0.25, 0.3) is 22.0 Å². The van der Waals surface area contributed by atoms with E-state index in [-0.39, 0.29) is 11.7 Å². The van der Waals surface area contributed by atoms with E-state index in [1.165, 1.54) is 5.56 Å². The zero-order valence-electron chi connectivity index (χ0n) is 16.2. The number of hydrogen-bond donors (Lipinski definition) is 0. The van der Waals surface area contributed by atoms with Crippen LogP contribution in [-0.2, 0) is 6.42 Å². The first-order valence-electron chi connectivity index (χ1n) is 9.42. The van der Waals surface area contributed by atoms with E-state index in [1.54, 1.807) is 18.1 Å². The summed E-state index contributed by atoms with van der Waals surface area (Å²) in [5, 5.41) is 1.77. The third kappa shape index (κ3) is 3.20. The molecule has 0 aliphatic rings. The van der Waals surface area contributed by atoms with Gasteiger partial charge in [0.05, 0.1) is 12.6 Å². The summed E-state index contributed by atoms with van der Waals surface area (Å²) in [6.45, 7) is 4.61.